The number of carbonyl (C=O) groups is 1. The fraction of sp³-hybridized carbons (Fsp3) is 0.462. The van der Waals surface area contributed by atoms with Crippen LogP contribution in [0, 0.1) is 0 Å². The highest BCUT2D eigenvalue weighted by molar-refractivity contribution is 5.94. The van der Waals surface area contributed by atoms with Crippen molar-refractivity contribution in [3.63, 3.8) is 0 Å². The fourth-order valence-electron chi connectivity index (χ4n) is 1.52. The Morgan fingerprint density at radius 3 is 2.59 bits per heavy atom. The SMILES string of the molecule is COc1ccc(C(=O)NC(C)CCCO)cc1. The highest BCUT2D eigenvalue weighted by atomic mass is 16.5. The van der Waals surface area contributed by atoms with Crippen LogP contribution >= 0.6 is 0 Å². The average molecular weight is 237 g/mol. The zero-order valence-electron chi connectivity index (χ0n) is 10.3. The second-order valence-electron chi connectivity index (χ2n) is 3.97. The number of hydrogen-bond donors (Lipinski definition) is 2. The summed E-state index contributed by atoms with van der Waals surface area (Å²) in [4.78, 5) is 11.8. The Hall–Kier alpha value is -1.55. The lowest BCUT2D eigenvalue weighted by Gasteiger charge is -2.13. The van der Waals surface area contributed by atoms with Crippen LogP contribution in [-0.2, 0) is 0 Å². The third-order valence-corrected chi connectivity index (χ3v) is 2.52. The van der Waals surface area contributed by atoms with Gasteiger partial charge in [0, 0.05) is 18.2 Å². The standard InChI is InChI=1S/C13H19NO3/c1-10(4-3-9-15)14-13(16)11-5-7-12(17-2)8-6-11/h5-8,10,15H,3-4,9H2,1-2H3,(H,14,16). The Kier molecular flexibility index (Phi) is 5.49. The van der Waals surface area contributed by atoms with E-state index in [0.29, 0.717) is 12.0 Å². The molecule has 94 valence electrons. The molecule has 0 fully saturated rings. The lowest BCUT2D eigenvalue weighted by atomic mass is 10.1. The molecule has 0 aliphatic rings. The van der Waals surface area contributed by atoms with E-state index in [1.807, 2.05) is 6.92 Å². The Bertz CT molecular complexity index is 348. The molecule has 0 bridgehead atoms. The molecule has 4 nitrogen and oxygen atoms in total. The van der Waals surface area contributed by atoms with Gasteiger partial charge in [0.15, 0.2) is 0 Å². The predicted octanol–water partition coefficient (Wildman–Crippen LogP) is 1.59. The van der Waals surface area contributed by atoms with Crippen LogP contribution < -0.4 is 10.1 Å². The monoisotopic (exact) mass is 237 g/mol. The summed E-state index contributed by atoms with van der Waals surface area (Å²) in [7, 11) is 1.59. The zero-order valence-corrected chi connectivity index (χ0v) is 10.3. The van der Waals surface area contributed by atoms with Crippen molar-refractivity contribution < 1.29 is 14.6 Å². The number of hydrogen-bond acceptors (Lipinski definition) is 3. The first-order chi connectivity index (χ1) is 8.17. The van der Waals surface area contributed by atoms with Crippen LogP contribution in [0.2, 0.25) is 0 Å². The number of aliphatic hydroxyl groups is 1. The maximum absolute atomic E-state index is 11.8. The molecule has 0 aliphatic carbocycles. The maximum atomic E-state index is 11.8. The molecule has 4 heteroatoms. The Morgan fingerprint density at radius 1 is 1.41 bits per heavy atom. The predicted molar refractivity (Wildman–Crippen MR) is 66.2 cm³/mol. The number of rotatable bonds is 6. The van der Waals surface area contributed by atoms with Crippen LogP contribution in [0.1, 0.15) is 30.1 Å². The molecule has 0 aliphatic heterocycles. The molecule has 1 aromatic carbocycles. The molecule has 1 rings (SSSR count). The van der Waals surface area contributed by atoms with Gasteiger partial charge in [-0.05, 0) is 44.0 Å². The summed E-state index contributed by atoms with van der Waals surface area (Å²) in [5.74, 6) is 0.632. The second-order valence-corrected chi connectivity index (χ2v) is 3.97. The average Bonchev–Trinajstić information content (AvgIpc) is 2.36. The van der Waals surface area contributed by atoms with E-state index >= 15 is 0 Å². The Morgan fingerprint density at radius 2 is 2.06 bits per heavy atom. The largest absolute Gasteiger partial charge is 0.497 e. The van der Waals surface area contributed by atoms with E-state index in [-0.39, 0.29) is 18.6 Å². The van der Waals surface area contributed by atoms with Crippen molar-refractivity contribution in [2.75, 3.05) is 13.7 Å². The summed E-state index contributed by atoms with van der Waals surface area (Å²) < 4.78 is 5.02. The minimum absolute atomic E-state index is 0.0664. The number of nitrogens with one attached hydrogen (secondary N) is 1. The summed E-state index contributed by atoms with van der Waals surface area (Å²) in [5, 5.41) is 11.6. The number of methoxy groups -OCH3 is 1. The molecule has 0 spiro atoms. The third-order valence-electron chi connectivity index (χ3n) is 2.52. The third kappa shape index (κ3) is 4.44. The summed E-state index contributed by atoms with van der Waals surface area (Å²) in [6, 6.07) is 7.04. The van der Waals surface area contributed by atoms with Crippen LogP contribution in [0.3, 0.4) is 0 Å². The summed E-state index contributed by atoms with van der Waals surface area (Å²) in [6.07, 6.45) is 1.47. The summed E-state index contributed by atoms with van der Waals surface area (Å²) in [6.45, 7) is 2.08. The van der Waals surface area contributed by atoms with E-state index in [9.17, 15) is 4.79 Å². The van der Waals surface area contributed by atoms with Gasteiger partial charge >= 0.3 is 0 Å². The smallest absolute Gasteiger partial charge is 0.251 e. The summed E-state index contributed by atoms with van der Waals surface area (Å²) >= 11 is 0. The van der Waals surface area contributed by atoms with Gasteiger partial charge in [0.2, 0.25) is 0 Å². The fourth-order valence-corrected chi connectivity index (χ4v) is 1.52. The normalized spacial score (nSPS) is 11.9. The summed E-state index contributed by atoms with van der Waals surface area (Å²) in [5.41, 5.74) is 0.613. The van der Waals surface area contributed by atoms with Crippen LogP contribution in [0.4, 0.5) is 0 Å². The molecular formula is C13H19NO3. The van der Waals surface area contributed by atoms with Gasteiger partial charge in [0.05, 0.1) is 7.11 Å². The molecule has 0 aromatic heterocycles. The zero-order chi connectivity index (χ0) is 12.7. The number of aliphatic hydroxyl groups excluding tert-OH is 1. The minimum atomic E-state index is -0.0990. The topological polar surface area (TPSA) is 58.6 Å². The molecular weight excluding hydrogens is 218 g/mol. The molecule has 1 aromatic rings. The van der Waals surface area contributed by atoms with Gasteiger partial charge in [0.1, 0.15) is 5.75 Å². The van der Waals surface area contributed by atoms with E-state index in [0.717, 1.165) is 12.2 Å². The van der Waals surface area contributed by atoms with Gasteiger partial charge in [-0.25, -0.2) is 0 Å². The van der Waals surface area contributed by atoms with Crippen molar-refractivity contribution in [1.29, 1.82) is 0 Å². The molecule has 1 amide bonds. The van der Waals surface area contributed by atoms with Crippen molar-refractivity contribution in [3.8, 4) is 5.75 Å². The number of carbonyl (C=O) groups excluding carboxylic acids is 1. The highest BCUT2D eigenvalue weighted by Crippen LogP contribution is 2.11. The first-order valence-electron chi connectivity index (χ1n) is 5.73. The lowest BCUT2D eigenvalue weighted by molar-refractivity contribution is 0.0936. The van der Waals surface area contributed by atoms with E-state index in [4.69, 9.17) is 9.84 Å². The van der Waals surface area contributed by atoms with Crippen molar-refractivity contribution in [2.24, 2.45) is 0 Å². The van der Waals surface area contributed by atoms with Crippen molar-refractivity contribution in [2.45, 2.75) is 25.8 Å². The van der Waals surface area contributed by atoms with Gasteiger partial charge in [-0.3, -0.25) is 4.79 Å². The van der Waals surface area contributed by atoms with E-state index in [1.165, 1.54) is 0 Å². The minimum Gasteiger partial charge on any atom is -0.497 e. The first kappa shape index (κ1) is 13.5. The molecule has 17 heavy (non-hydrogen) atoms. The van der Waals surface area contributed by atoms with Crippen molar-refractivity contribution >= 4 is 5.91 Å². The molecule has 1 atom stereocenters. The van der Waals surface area contributed by atoms with Crippen molar-refractivity contribution in [3.05, 3.63) is 29.8 Å². The number of ether oxygens (including phenoxy) is 1. The molecule has 1 unspecified atom stereocenters. The molecule has 2 N–H and O–H groups in total. The Balaban J connectivity index is 2.51. The molecule has 0 heterocycles. The quantitative estimate of drug-likeness (QED) is 0.790. The molecule has 0 saturated carbocycles. The lowest BCUT2D eigenvalue weighted by Crippen LogP contribution is -2.32. The molecule has 0 radical (unpaired) electrons. The van der Waals surface area contributed by atoms with Gasteiger partial charge in [0.25, 0.3) is 5.91 Å². The first-order valence-corrected chi connectivity index (χ1v) is 5.73. The van der Waals surface area contributed by atoms with E-state index in [1.54, 1.807) is 31.4 Å². The van der Waals surface area contributed by atoms with Gasteiger partial charge in [-0.1, -0.05) is 0 Å². The van der Waals surface area contributed by atoms with Gasteiger partial charge in [-0.15, -0.1) is 0 Å². The van der Waals surface area contributed by atoms with Crippen molar-refractivity contribution in [1.82, 2.24) is 5.32 Å². The van der Waals surface area contributed by atoms with E-state index < -0.39 is 0 Å². The van der Waals surface area contributed by atoms with Gasteiger partial charge in [-0.2, -0.15) is 0 Å². The number of benzene rings is 1. The maximum Gasteiger partial charge on any atom is 0.251 e. The Labute approximate surface area is 102 Å². The van der Waals surface area contributed by atoms with Crippen LogP contribution in [0.5, 0.6) is 5.75 Å². The van der Waals surface area contributed by atoms with E-state index in [2.05, 4.69) is 5.32 Å². The van der Waals surface area contributed by atoms with Crippen LogP contribution in [0.15, 0.2) is 24.3 Å². The molecule has 0 saturated heterocycles. The second kappa shape index (κ2) is 6.91. The van der Waals surface area contributed by atoms with Gasteiger partial charge < -0.3 is 15.2 Å². The van der Waals surface area contributed by atoms with Crippen LogP contribution in [0.25, 0.3) is 0 Å². The highest BCUT2D eigenvalue weighted by Gasteiger charge is 2.09. The number of amides is 1. The van der Waals surface area contributed by atoms with Crippen LogP contribution in [-0.4, -0.2) is 30.8 Å².